The zero-order valence-electron chi connectivity index (χ0n) is 15.0. The van der Waals surface area contributed by atoms with Gasteiger partial charge in [-0.05, 0) is 17.8 Å². The SMILES string of the molecule is CC.CC1CCC1C.CCC(C)C.CCCCC. The fourth-order valence-electron chi connectivity index (χ4n) is 1.19. The molecule has 114 valence electrons. The van der Waals surface area contributed by atoms with Crippen LogP contribution in [0.3, 0.4) is 0 Å². The van der Waals surface area contributed by atoms with E-state index < -0.39 is 0 Å². The predicted molar refractivity (Wildman–Crippen MR) is 89.2 cm³/mol. The summed E-state index contributed by atoms with van der Waals surface area (Å²) in [5.74, 6) is 2.95. The van der Waals surface area contributed by atoms with E-state index >= 15 is 0 Å². The molecule has 1 aliphatic carbocycles. The van der Waals surface area contributed by atoms with Gasteiger partial charge in [0.2, 0.25) is 0 Å². The van der Waals surface area contributed by atoms with Crippen molar-refractivity contribution >= 4 is 0 Å². The average molecular weight is 259 g/mol. The summed E-state index contributed by atoms with van der Waals surface area (Å²) in [7, 11) is 0. The average Bonchev–Trinajstić information content (AvgIpc) is 2.41. The van der Waals surface area contributed by atoms with E-state index in [-0.39, 0.29) is 0 Å². The second-order valence-electron chi connectivity index (χ2n) is 5.69. The van der Waals surface area contributed by atoms with Crippen molar-refractivity contribution in [2.45, 2.75) is 101 Å². The Labute approximate surface area is 119 Å². The highest BCUT2D eigenvalue weighted by atomic mass is 14.3. The van der Waals surface area contributed by atoms with E-state index in [1.807, 2.05) is 13.8 Å². The van der Waals surface area contributed by atoms with Gasteiger partial charge in [-0.15, -0.1) is 0 Å². The van der Waals surface area contributed by atoms with Crippen molar-refractivity contribution in [3.63, 3.8) is 0 Å². The highest BCUT2D eigenvalue weighted by molar-refractivity contribution is 4.71. The first kappa shape index (κ1) is 23.1. The fourth-order valence-corrected chi connectivity index (χ4v) is 1.19. The Kier molecular flexibility index (Phi) is 24.8. The first-order chi connectivity index (χ1) is 8.49. The van der Waals surface area contributed by atoms with Gasteiger partial charge in [0.25, 0.3) is 0 Å². The Hall–Kier alpha value is 0. The van der Waals surface area contributed by atoms with Gasteiger partial charge in [0, 0.05) is 0 Å². The Bertz CT molecular complexity index is 105. The molecule has 0 amide bonds. The molecule has 2 atom stereocenters. The van der Waals surface area contributed by atoms with Crippen LogP contribution in [0.5, 0.6) is 0 Å². The van der Waals surface area contributed by atoms with Crippen molar-refractivity contribution < 1.29 is 0 Å². The first-order valence-corrected chi connectivity index (χ1v) is 8.49. The van der Waals surface area contributed by atoms with E-state index in [1.165, 1.54) is 38.5 Å². The molecule has 1 fully saturated rings. The van der Waals surface area contributed by atoms with Crippen LogP contribution in [0.25, 0.3) is 0 Å². The molecule has 0 nitrogen and oxygen atoms in total. The lowest BCUT2D eigenvalue weighted by Gasteiger charge is -2.29. The van der Waals surface area contributed by atoms with E-state index in [0.29, 0.717) is 0 Å². The largest absolute Gasteiger partial charge is 0.0683 e. The van der Waals surface area contributed by atoms with Crippen LogP contribution in [-0.2, 0) is 0 Å². The summed E-state index contributed by atoms with van der Waals surface area (Å²) in [4.78, 5) is 0. The quantitative estimate of drug-likeness (QED) is 0.497. The fraction of sp³-hybridized carbons (Fsp3) is 1.00. The van der Waals surface area contributed by atoms with Crippen LogP contribution in [0, 0.1) is 17.8 Å². The van der Waals surface area contributed by atoms with Crippen LogP contribution < -0.4 is 0 Å². The molecule has 0 radical (unpaired) electrons. The highest BCUT2D eigenvalue weighted by Gasteiger charge is 2.20. The third-order valence-electron chi connectivity index (χ3n) is 3.57. The van der Waals surface area contributed by atoms with Gasteiger partial charge in [-0.3, -0.25) is 0 Å². The van der Waals surface area contributed by atoms with Gasteiger partial charge < -0.3 is 0 Å². The molecule has 2 unspecified atom stereocenters. The zero-order chi connectivity index (χ0) is 15.0. The normalized spacial score (nSPS) is 20.3. The molecule has 1 rings (SSSR count). The summed E-state index contributed by atoms with van der Waals surface area (Å²) in [6.45, 7) is 19.7. The summed E-state index contributed by atoms with van der Waals surface area (Å²) in [6.07, 6.45) is 8.33. The standard InChI is InChI=1S/C6H12.2C5H12.C2H6/c1-5-3-4-6(5)2;1-4-5(2)3;1-3-5-4-2;1-2/h5-6H,3-4H2,1-2H3;5H,4H2,1-3H3;3-5H2,1-2H3;1-2H3. The van der Waals surface area contributed by atoms with Gasteiger partial charge in [0.1, 0.15) is 0 Å². The van der Waals surface area contributed by atoms with Crippen LogP contribution in [-0.4, -0.2) is 0 Å². The highest BCUT2D eigenvalue weighted by Crippen LogP contribution is 2.32. The van der Waals surface area contributed by atoms with Crippen LogP contribution in [0.4, 0.5) is 0 Å². The third kappa shape index (κ3) is 21.3. The smallest absolute Gasteiger partial charge is 0.0417 e. The number of hydrogen-bond donors (Lipinski definition) is 0. The van der Waals surface area contributed by atoms with Crippen molar-refractivity contribution in [3.05, 3.63) is 0 Å². The van der Waals surface area contributed by atoms with Crippen LogP contribution in [0.2, 0.25) is 0 Å². The van der Waals surface area contributed by atoms with Gasteiger partial charge in [-0.1, -0.05) is 101 Å². The number of rotatable bonds is 3. The molecule has 1 saturated carbocycles. The van der Waals surface area contributed by atoms with E-state index in [2.05, 4.69) is 48.5 Å². The molecular weight excluding hydrogens is 216 g/mol. The van der Waals surface area contributed by atoms with Gasteiger partial charge in [-0.25, -0.2) is 0 Å². The van der Waals surface area contributed by atoms with Gasteiger partial charge in [-0.2, -0.15) is 0 Å². The summed E-state index contributed by atoms with van der Waals surface area (Å²) in [6, 6.07) is 0. The van der Waals surface area contributed by atoms with Crippen molar-refractivity contribution in [1.82, 2.24) is 0 Å². The van der Waals surface area contributed by atoms with Gasteiger partial charge in [0.05, 0.1) is 0 Å². The minimum absolute atomic E-state index is 0.884. The molecule has 0 aliphatic heterocycles. The topological polar surface area (TPSA) is 0 Å². The Morgan fingerprint density at radius 2 is 1.11 bits per heavy atom. The number of unbranched alkanes of at least 4 members (excludes halogenated alkanes) is 2. The maximum atomic E-state index is 2.33. The van der Waals surface area contributed by atoms with Crippen LogP contribution in [0.1, 0.15) is 101 Å². The molecule has 18 heavy (non-hydrogen) atoms. The van der Waals surface area contributed by atoms with Crippen molar-refractivity contribution in [3.8, 4) is 0 Å². The second-order valence-corrected chi connectivity index (χ2v) is 5.69. The first-order valence-electron chi connectivity index (χ1n) is 8.49. The third-order valence-corrected chi connectivity index (χ3v) is 3.57. The maximum absolute atomic E-state index is 2.33. The van der Waals surface area contributed by atoms with E-state index in [4.69, 9.17) is 0 Å². The minimum Gasteiger partial charge on any atom is -0.0683 e. The van der Waals surface area contributed by atoms with Crippen molar-refractivity contribution in [2.24, 2.45) is 17.8 Å². The summed E-state index contributed by atoms with van der Waals surface area (Å²) in [5, 5.41) is 0. The Balaban J connectivity index is -0.000000177. The Morgan fingerprint density at radius 3 is 1.11 bits per heavy atom. The predicted octanol–water partition coefficient (Wildman–Crippen LogP) is 7.33. The van der Waals surface area contributed by atoms with Crippen molar-refractivity contribution in [1.29, 1.82) is 0 Å². The summed E-state index contributed by atoms with van der Waals surface area (Å²) < 4.78 is 0. The molecule has 0 bridgehead atoms. The molecule has 0 heteroatoms. The molecule has 0 aromatic heterocycles. The minimum atomic E-state index is 0.884. The molecule has 0 heterocycles. The molecule has 0 aromatic carbocycles. The van der Waals surface area contributed by atoms with E-state index in [9.17, 15) is 0 Å². The Morgan fingerprint density at radius 1 is 0.833 bits per heavy atom. The molecule has 0 saturated heterocycles. The van der Waals surface area contributed by atoms with Gasteiger partial charge >= 0.3 is 0 Å². The molecular formula is C18H42. The lowest BCUT2D eigenvalue weighted by molar-refractivity contribution is 0.219. The van der Waals surface area contributed by atoms with E-state index in [1.54, 1.807) is 0 Å². The van der Waals surface area contributed by atoms with Crippen LogP contribution in [0.15, 0.2) is 0 Å². The molecule has 0 aromatic rings. The molecule has 0 spiro atoms. The van der Waals surface area contributed by atoms with E-state index in [0.717, 1.165) is 17.8 Å². The monoisotopic (exact) mass is 258 g/mol. The summed E-state index contributed by atoms with van der Waals surface area (Å²) >= 11 is 0. The molecule has 1 aliphatic rings. The van der Waals surface area contributed by atoms with Gasteiger partial charge in [0.15, 0.2) is 0 Å². The zero-order valence-corrected chi connectivity index (χ0v) is 15.0. The van der Waals surface area contributed by atoms with Crippen LogP contribution >= 0.6 is 0 Å². The summed E-state index contributed by atoms with van der Waals surface area (Å²) in [5.41, 5.74) is 0. The molecule has 0 N–H and O–H groups in total. The lowest BCUT2D eigenvalue weighted by Crippen LogP contribution is -2.18. The second kappa shape index (κ2) is 19.3. The lowest BCUT2D eigenvalue weighted by atomic mass is 9.77. The van der Waals surface area contributed by atoms with Crippen molar-refractivity contribution in [2.75, 3.05) is 0 Å². The maximum Gasteiger partial charge on any atom is -0.0417 e. The number of hydrogen-bond acceptors (Lipinski definition) is 0.